The molecule has 0 aliphatic rings. The summed E-state index contributed by atoms with van der Waals surface area (Å²) in [6.45, 7) is 5.74. The minimum Gasteiger partial charge on any atom is -0.291 e. The Bertz CT molecular complexity index is 58.6. The van der Waals surface area contributed by atoms with Crippen molar-refractivity contribution in [1.29, 1.82) is 0 Å². The minimum absolute atomic E-state index is 0.601. The van der Waals surface area contributed by atoms with E-state index >= 15 is 0 Å². The first kappa shape index (κ1) is 5.47. The monoisotopic (exact) mass is 87.1 g/mol. The predicted octanol–water partition coefficient (Wildman–Crippen LogP) is 0.313. The van der Waals surface area contributed by atoms with Gasteiger partial charge in [0.25, 0.3) is 0 Å². The molecule has 0 aliphatic carbocycles. The van der Waals surface area contributed by atoms with Gasteiger partial charge in [0.05, 0.1) is 0 Å². The largest absolute Gasteiger partial charge is 0.291 e. The van der Waals surface area contributed by atoms with Gasteiger partial charge in [-0.25, -0.2) is 0 Å². The second-order valence-corrected chi connectivity index (χ2v) is 0.938. The first-order chi connectivity index (χ1) is 2.81. The lowest BCUT2D eigenvalue weighted by atomic mass is 10.7. The van der Waals surface area contributed by atoms with Gasteiger partial charge in [0.1, 0.15) is 0 Å². The molecule has 0 rings (SSSR count). The van der Waals surface area contributed by atoms with E-state index in [1.54, 1.807) is 0 Å². The Hall–Kier alpha value is -0.530. The van der Waals surface area contributed by atoms with Crippen LogP contribution in [0.4, 0.5) is 0 Å². The lowest BCUT2D eigenvalue weighted by Gasteiger charge is -1.77. The highest BCUT2D eigenvalue weighted by atomic mass is 16.5. The van der Waals surface area contributed by atoms with E-state index in [0.717, 1.165) is 4.74 Å². The highest BCUT2D eigenvalue weighted by Crippen LogP contribution is 1.57. The zero-order valence-electron chi connectivity index (χ0n) is 3.89. The van der Waals surface area contributed by atoms with Crippen LogP contribution in [0.1, 0.15) is 6.92 Å². The maximum absolute atomic E-state index is 8.38. The molecule has 6 heavy (non-hydrogen) atoms. The molecular formula is C4H9NO+. The normalized spacial score (nSPS) is 12.0. The quantitative estimate of drug-likeness (QED) is 0.211. The van der Waals surface area contributed by atoms with Crippen molar-refractivity contribution >= 4 is 6.21 Å². The minimum atomic E-state index is 0.601. The third kappa shape index (κ3) is 1.76. The molecule has 35 valence electrons. The molecule has 0 fully saturated rings. The summed E-state index contributed by atoms with van der Waals surface area (Å²) < 4.78 is 1.01. The van der Waals surface area contributed by atoms with Gasteiger partial charge in [-0.15, -0.1) is 0 Å². The predicted molar refractivity (Wildman–Crippen MR) is 24.0 cm³/mol. The maximum atomic E-state index is 8.38. The molecule has 2 nitrogen and oxygen atoms in total. The Morgan fingerprint density at radius 3 is 2.50 bits per heavy atom. The van der Waals surface area contributed by atoms with Crippen LogP contribution in [0.5, 0.6) is 0 Å². The van der Waals surface area contributed by atoms with Crippen LogP contribution in [0, 0.1) is 6.92 Å². The van der Waals surface area contributed by atoms with E-state index in [1.807, 2.05) is 6.92 Å². The van der Waals surface area contributed by atoms with Crippen LogP contribution < -0.4 is 0 Å². The zero-order chi connectivity index (χ0) is 4.99. The van der Waals surface area contributed by atoms with Crippen molar-refractivity contribution in [2.45, 2.75) is 6.92 Å². The van der Waals surface area contributed by atoms with Crippen molar-refractivity contribution in [3.8, 4) is 0 Å². The molecule has 1 N–H and O–H groups in total. The Balaban J connectivity index is 3.22. The highest BCUT2D eigenvalue weighted by molar-refractivity contribution is 5.55. The SMILES string of the molecule is [CH2]C=[N+](O)CC. The summed E-state index contributed by atoms with van der Waals surface area (Å²) in [6.07, 6.45) is 1.36. The molecule has 0 spiro atoms. The summed E-state index contributed by atoms with van der Waals surface area (Å²) in [6, 6.07) is 0. The van der Waals surface area contributed by atoms with Gasteiger partial charge in [-0.1, -0.05) is 0 Å². The average molecular weight is 87.1 g/mol. The van der Waals surface area contributed by atoms with E-state index in [1.165, 1.54) is 6.21 Å². The fourth-order valence-corrected chi connectivity index (χ4v) is 0.129. The number of hydrogen-bond acceptors (Lipinski definition) is 1. The summed E-state index contributed by atoms with van der Waals surface area (Å²) in [7, 11) is 0. The van der Waals surface area contributed by atoms with Crippen LogP contribution in [0.25, 0.3) is 0 Å². The van der Waals surface area contributed by atoms with Gasteiger partial charge >= 0.3 is 0 Å². The van der Waals surface area contributed by atoms with E-state index in [4.69, 9.17) is 5.21 Å². The molecule has 0 aromatic heterocycles. The third-order valence-corrected chi connectivity index (χ3v) is 0.535. The average Bonchev–Trinajstić information content (AvgIpc) is 1.65. The third-order valence-electron chi connectivity index (χ3n) is 0.535. The summed E-state index contributed by atoms with van der Waals surface area (Å²) in [5.41, 5.74) is 0. The molecular weight excluding hydrogens is 78.0 g/mol. The molecule has 0 heterocycles. The molecule has 0 aromatic rings. The van der Waals surface area contributed by atoms with Crippen molar-refractivity contribution in [3.05, 3.63) is 6.92 Å². The molecule has 0 bridgehead atoms. The standard InChI is InChI=1S/C4H9NO/c1-3-5(6)4-2/h3,6H,1,4H2,2H3/q+1. The second kappa shape index (κ2) is 2.69. The number of nitrogens with zero attached hydrogens (tertiary/aromatic N) is 1. The molecule has 0 saturated heterocycles. The molecule has 1 radical (unpaired) electrons. The van der Waals surface area contributed by atoms with Crippen LogP contribution in [0.3, 0.4) is 0 Å². The first-order valence-corrected chi connectivity index (χ1v) is 1.89. The van der Waals surface area contributed by atoms with Crippen molar-refractivity contribution in [3.63, 3.8) is 0 Å². The Kier molecular flexibility index (Phi) is 2.46. The van der Waals surface area contributed by atoms with E-state index in [0.29, 0.717) is 6.54 Å². The molecule has 0 aromatic carbocycles. The lowest BCUT2D eigenvalue weighted by molar-refractivity contribution is -0.768. The van der Waals surface area contributed by atoms with Gasteiger partial charge in [0, 0.05) is 6.92 Å². The van der Waals surface area contributed by atoms with Gasteiger partial charge in [-0.3, -0.25) is 5.21 Å². The van der Waals surface area contributed by atoms with Crippen molar-refractivity contribution < 1.29 is 9.95 Å². The topological polar surface area (TPSA) is 23.2 Å². The summed E-state index contributed by atoms with van der Waals surface area (Å²) in [5.74, 6) is 0. The van der Waals surface area contributed by atoms with Gasteiger partial charge in [-0.2, -0.15) is 0 Å². The summed E-state index contributed by atoms with van der Waals surface area (Å²) in [4.78, 5) is 0. The van der Waals surface area contributed by atoms with Crippen molar-refractivity contribution in [2.75, 3.05) is 6.54 Å². The Morgan fingerprint density at radius 2 is 2.50 bits per heavy atom. The Labute approximate surface area is 37.7 Å². The number of hydroxylamine groups is 1. The second-order valence-electron chi connectivity index (χ2n) is 0.938. The molecule has 0 saturated carbocycles. The van der Waals surface area contributed by atoms with Gasteiger partial charge < -0.3 is 0 Å². The van der Waals surface area contributed by atoms with Crippen molar-refractivity contribution in [2.24, 2.45) is 0 Å². The highest BCUT2D eigenvalue weighted by Gasteiger charge is 1.83. The molecule has 2 heteroatoms. The van der Waals surface area contributed by atoms with E-state index in [2.05, 4.69) is 6.92 Å². The van der Waals surface area contributed by atoms with Crippen LogP contribution in [0.2, 0.25) is 0 Å². The molecule has 0 atom stereocenters. The molecule has 0 aliphatic heterocycles. The van der Waals surface area contributed by atoms with Crippen molar-refractivity contribution in [1.82, 2.24) is 0 Å². The van der Waals surface area contributed by atoms with Crippen LogP contribution in [-0.2, 0) is 0 Å². The first-order valence-electron chi connectivity index (χ1n) is 1.89. The lowest BCUT2D eigenvalue weighted by Crippen LogP contribution is -2.03. The van der Waals surface area contributed by atoms with E-state index in [-0.39, 0.29) is 0 Å². The summed E-state index contributed by atoms with van der Waals surface area (Å²) >= 11 is 0. The van der Waals surface area contributed by atoms with Crippen LogP contribution in [0.15, 0.2) is 0 Å². The number of hydrogen-bond donors (Lipinski definition) is 1. The van der Waals surface area contributed by atoms with E-state index in [9.17, 15) is 0 Å². The van der Waals surface area contributed by atoms with E-state index < -0.39 is 0 Å². The van der Waals surface area contributed by atoms with Crippen LogP contribution >= 0.6 is 0 Å². The van der Waals surface area contributed by atoms with Gasteiger partial charge in [0.15, 0.2) is 12.8 Å². The van der Waals surface area contributed by atoms with Crippen LogP contribution in [-0.4, -0.2) is 22.7 Å². The molecule has 0 unspecified atom stereocenters. The summed E-state index contributed by atoms with van der Waals surface area (Å²) in [5, 5.41) is 8.38. The maximum Gasteiger partial charge on any atom is 0.192 e. The van der Waals surface area contributed by atoms with Gasteiger partial charge in [0.2, 0.25) is 0 Å². The fourth-order valence-electron chi connectivity index (χ4n) is 0.129. The van der Waals surface area contributed by atoms with Gasteiger partial charge in [-0.05, 0) is 11.7 Å². The molecule has 0 amide bonds. The smallest absolute Gasteiger partial charge is 0.192 e. The Morgan fingerprint density at radius 1 is 2.00 bits per heavy atom. The fraction of sp³-hybridized carbons (Fsp3) is 0.500. The number of rotatable bonds is 1. The zero-order valence-corrected chi connectivity index (χ0v) is 3.89.